The average Bonchev–Trinajstić information content (AvgIpc) is 3.05. The lowest BCUT2D eigenvalue weighted by molar-refractivity contribution is 0.0945. The Balaban J connectivity index is 1.61. The highest BCUT2D eigenvalue weighted by molar-refractivity contribution is 5.98. The SMILES string of the molecule is CCN(CC)CCNC(=O)c1ccc(Nc2nccc(N(C(=O)Oc3c(C)cccc3C)c3ccc(OC)cc3OC)n2)cc1F. The van der Waals surface area contributed by atoms with Gasteiger partial charge in [0.2, 0.25) is 5.95 Å². The van der Waals surface area contributed by atoms with Crippen LogP contribution in [-0.2, 0) is 0 Å². The first-order chi connectivity index (χ1) is 22.2. The first kappa shape index (κ1) is 33.7. The van der Waals surface area contributed by atoms with E-state index in [1.54, 1.807) is 24.3 Å². The Hall–Kier alpha value is -5.23. The summed E-state index contributed by atoms with van der Waals surface area (Å²) < 4.78 is 31.8. The van der Waals surface area contributed by atoms with E-state index in [1.807, 2.05) is 45.9 Å². The van der Waals surface area contributed by atoms with Crippen molar-refractivity contribution in [3.63, 3.8) is 0 Å². The highest BCUT2D eigenvalue weighted by atomic mass is 19.1. The summed E-state index contributed by atoms with van der Waals surface area (Å²) in [5.41, 5.74) is 2.13. The summed E-state index contributed by atoms with van der Waals surface area (Å²) in [5.74, 6) is 0.303. The Bertz CT molecular complexity index is 1660. The quantitative estimate of drug-likeness (QED) is 0.173. The predicted octanol–water partition coefficient (Wildman–Crippen LogP) is 6.40. The molecule has 0 unspecified atom stereocenters. The highest BCUT2D eigenvalue weighted by Gasteiger charge is 2.27. The number of methoxy groups -OCH3 is 2. The van der Waals surface area contributed by atoms with Crippen LogP contribution in [0.5, 0.6) is 17.2 Å². The Morgan fingerprint density at radius 2 is 1.67 bits per heavy atom. The lowest BCUT2D eigenvalue weighted by atomic mass is 10.1. The van der Waals surface area contributed by atoms with Gasteiger partial charge in [0.1, 0.15) is 28.9 Å². The number of likely N-dealkylation sites (N-methyl/N-ethyl adjacent to an activating group) is 1. The maximum Gasteiger partial charge on any atom is 0.425 e. The zero-order valence-corrected chi connectivity index (χ0v) is 26.9. The van der Waals surface area contributed by atoms with Gasteiger partial charge < -0.3 is 29.7 Å². The Labute approximate surface area is 268 Å². The number of nitrogens with one attached hydrogen (secondary N) is 2. The summed E-state index contributed by atoms with van der Waals surface area (Å²) in [6.45, 7) is 10.6. The Morgan fingerprint density at radius 3 is 2.33 bits per heavy atom. The number of hydrogen-bond acceptors (Lipinski definition) is 9. The number of carbonyl (C=O) groups excluding carboxylic acids is 2. The minimum Gasteiger partial charge on any atom is -0.497 e. The number of hydrogen-bond donors (Lipinski definition) is 2. The molecule has 0 saturated heterocycles. The molecule has 0 bridgehead atoms. The zero-order chi connectivity index (χ0) is 33.2. The van der Waals surface area contributed by atoms with E-state index in [0.29, 0.717) is 41.7 Å². The van der Waals surface area contributed by atoms with Crippen molar-refractivity contribution >= 4 is 35.1 Å². The molecule has 2 N–H and O–H groups in total. The van der Waals surface area contributed by atoms with Crippen molar-refractivity contribution in [1.82, 2.24) is 20.2 Å². The van der Waals surface area contributed by atoms with Gasteiger partial charge in [-0.1, -0.05) is 32.0 Å². The fraction of sp³-hybridized carbons (Fsp3) is 0.294. The van der Waals surface area contributed by atoms with Crippen LogP contribution >= 0.6 is 0 Å². The van der Waals surface area contributed by atoms with Crippen molar-refractivity contribution in [2.24, 2.45) is 0 Å². The van der Waals surface area contributed by atoms with Crippen molar-refractivity contribution in [3.05, 3.63) is 89.4 Å². The lowest BCUT2D eigenvalue weighted by Crippen LogP contribution is -2.35. The van der Waals surface area contributed by atoms with Crippen molar-refractivity contribution in [2.45, 2.75) is 27.7 Å². The second kappa shape index (κ2) is 15.7. The van der Waals surface area contributed by atoms with E-state index in [1.165, 1.54) is 43.5 Å². The van der Waals surface area contributed by atoms with E-state index in [4.69, 9.17) is 14.2 Å². The van der Waals surface area contributed by atoms with Crippen molar-refractivity contribution in [1.29, 1.82) is 0 Å². The number of nitrogens with zero attached hydrogens (tertiary/aromatic N) is 4. The van der Waals surface area contributed by atoms with Crippen LogP contribution in [0.1, 0.15) is 35.3 Å². The van der Waals surface area contributed by atoms with Crippen LogP contribution in [0.4, 0.5) is 32.3 Å². The third kappa shape index (κ3) is 8.07. The maximum absolute atomic E-state index is 15.0. The number of ether oxygens (including phenoxy) is 3. The van der Waals surface area contributed by atoms with E-state index < -0.39 is 17.8 Å². The summed E-state index contributed by atoms with van der Waals surface area (Å²) in [5, 5.41) is 5.72. The minimum atomic E-state index is -0.743. The van der Waals surface area contributed by atoms with Crippen molar-refractivity contribution in [3.8, 4) is 17.2 Å². The fourth-order valence-corrected chi connectivity index (χ4v) is 4.78. The third-order valence-corrected chi connectivity index (χ3v) is 7.36. The predicted molar refractivity (Wildman–Crippen MR) is 175 cm³/mol. The first-order valence-electron chi connectivity index (χ1n) is 14.9. The van der Waals surface area contributed by atoms with Crippen LogP contribution < -0.4 is 29.7 Å². The molecule has 46 heavy (non-hydrogen) atoms. The van der Waals surface area contributed by atoms with Crippen LogP contribution in [0.2, 0.25) is 0 Å². The normalized spacial score (nSPS) is 10.8. The van der Waals surface area contributed by atoms with Crippen molar-refractivity contribution in [2.75, 3.05) is 50.6 Å². The molecule has 4 rings (SSSR count). The number of amides is 2. The van der Waals surface area contributed by atoms with E-state index in [0.717, 1.165) is 24.2 Å². The molecule has 1 aromatic heterocycles. The second-order valence-corrected chi connectivity index (χ2v) is 10.3. The van der Waals surface area contributed by atoms with Crippen LogP contribution in [0.3, 0.4) is 0 Å². The molecule has 11 nitrogen and oxygen atoms in total. The zero-order valence-electron chi connectivity index (χ0n) is 26.9. The van der Waals surface area contributed by atoms with Gasteiger partial charge in [-0.3, -0.25) is 4.79 Å². The molecule has 12 heteroatoms. The molecule has 4 aromatic rings. The topological polar surface area (TPSA) is 118 Å². The molecule has 0 atom stereocenters. The molecule has 0 radical (unpaired) electrons. The van der Waals surface area contributed by atoms with Gasteiger partial charge in [0.25, 0.3) is 5.91 Å². The summed E-state index contributed by atoms with van der Waals surface area (Å²) >= 11 is 0. The third-order valence-electron chi connectivity index (χ3n) is 7.36. The molecule has 0 fully saturated rings. The fourth-order valence-electron chi connectivity index (χ4n) is 4.78. The molecule has 1 heterocycles. The molecular formula is C34H39FN6O5. The Morgan fingerprint density at radius 1 is 0.935 bits per heavy atom. The minimum absolute atomic E-state index is 0.0747. The van der Waals surface area contributed by atoms with Gasteiger partial charge in [-0.15, -0.1) is 0 Å². The van der Waals surface area contributed by atoms with Gasteiger partial charge >= 0.3 is 6.09 Å². The van der Waals surface area contributed by atoms with Gasteiger partial charge in [-0.25, -0.2) is 19.1 Å². The highest BCUT2D eigenvalue weighted by Crippen LogP contribution is 2.37. The molecule has 0 aliphatic heterocycles. The smallest absolute Gasteiger partial charge is 0.425 e. The number of anilines is 4. The van der Waals surface area contributed by atoms with Crippen molar-refractivity contribution < 1.29 is 28.2 Å². The summed E-state index contributed by atoms with van der Waals surface area (Å²) in [6.07, 6.45) is 0.710. The monoisotopic (exact) mass is 630 g/mol. The van der Waals surface area contributed by atoms with Gasteiger partial charge in [0.15, 0.2) is 0 Å². The largest absolute Gasteiger partial charge is 0.497 e. The second-order valence-electron chi connectivity index (χ2n) is 10.3. The van der Waals surface area contributed by atoms with Gasteiger partial charge in [0.05, 0.1) is 25.5 Å². The number of halogens is 1. The molecule has 0 aliphatic carbocycles. The van der Waals surface area contributed by atoms with E-state index >= 15 is 4.39 Å². The summed E-state index contributed by atoms with van der Waals surface area (Å²) in [4.78, 5) is 38.7. The number of aryl methyl sites for hydroxylation is 2. The van der Waals surface area contributed by atoms with Gasteiger partial charge in [-0.2, -0.15) is 4.98 Å². The molecule has 2 amide bonds. The Kier molecular flexibility index (Phi) is 11.5. The molecular weight excluding hydrogens is 591 g/mol. The molecule has 0 spiro atoms. The van der Waals surface area contributed by atoms with Crippen LogP contribution in [-0.4, -0.2) is 67.3 Å². The van der Waals surface area contributed by atoms with E-state index in [-0.39, 0.29) is 17.3 Å². The number of rotatable bonds is 13. The summed E-state index contributed by atoms with van der Waals surface area (Å²) in [7, 11) is 3.00. The van der Waals surface area contributed by atoms with Gasteiger partial charge in [0, 0.05) is 37.1 Å². The standard InChI is InChI=1S/C34H39FN6O5/c1-7-40(8-2)19-18-36-32(42)26-14-12-24(20-27(26)35)38-33-37-17-16-30(39-33)41(28-15-13-25(44-5)21-29(28)45-6)34(43)46-31-22(3)10-9-11-23(31)4/h9-17,20-21H,7-8,18-19H2,1-6H3,(H,36,42)(H,37,38,39). The average molecular weight is 631 g/mol. The number of benzene rings is 3. The van der Waals surface area contributed by atoms with Crippen LogP contribution in [0.15, 0.2) is 66.9 Å². The number of para-hydroxylation sites is 1. The first-order valence-corrected chi connectivity index (χ1v) is 14.9. The maximum atomic E-state index is 15.0. The molecule has 3 aromatic carbocycles. The lowest BCUT2D eigenvalue weighted by Gasteiger charge is -2.24. The summed E-state index contributed by atoms with van der Waals surface area (Å²) in [6, 6.07) is 16.2. The van der Waals surface area contributed by atoms with Crippen LogP contribution in [0.25, 0.3) is 0 Å². The molecule has 242 valence electrons. The van der Waals surface area contributed by atoms with Gasteiger partial charge in [-0.05, 0) is 68.4 Å². The van der Waals surface area contributed by atoms with E-state index in [2.05, 4.69) is 25.5 Å². The van der Waals surface area contributed by atoms with E-state index in [9.17, 15) is 9.59 Å². The molecule has 0 aliphatic rings. The number of carbonyl (C=O) groups is 2. The van der Waals surface area contributed by atoms with Crippen LogP contribution in [0, 0.1) is 19.7 Å². The molecule has 0 saturated carbocycles. The number of aromatic nitrogens is 2.